The molecule has 86 heavy (non-hydrogen) atoms. The molecule has 0 N–H and O–H groups in total. The summed E-state index contributed by atoms with van der Waals surface area (Å²) in [4.78, 5) is 4.95. The summed E-state index contributed by atoms with van der Waals surface area (Å²) in [6.07, 6.45) is 5.94. The lowest BCUT2D eigenvalue weighted by Gasteiger charge is -2.22. The Hall–Kier alpha value is -10.6. The fraction of sp³-hybridized carbons (Fsp3) is 0.100. The average molecular weight is 1110 g/mol. The maximum Gasteiger partial charge on any atom is 0.269 e. The van der Waals surface area contributed by atoms with Crippen molar-refractivity contribution in [2.24, 2.45) is 0 Å². The van der Waals surface area contributed by atoms with Crippen LogP contribution >= 0.6 is 0 Å². The zero-order chi connectivity index (χ0) is 62.4. The standard InChI is InChI=1S/C80H61N5O/c1-79(2,3)54-39-37-51(38-40-54)53-45-68-61-26-11-10-25-60(61)66-31-19-30-59(52-21-8-7-9-22-52)76(66)67-32-20-36-72(84-69-33-15-12-27-62(69)63-28-13-16-34-70(63)84)77(67)83-50-82(74(46-53)78(68)83)56-23-18-24-57(48-56)86-58-41-42-65-64-29-14-17-35-71(64)85(73(65)49-58)75-47-55(43-44-81-75)80(4,5)6/h7-49H,1-6H3/i7D,8D,9D,21D,22D. The number of rotatable bonds is 7. The van der Waals surface area contributed by atoms with Crippen LogP contribution in [0.5, 0.6) is 11.5 Å². The summed E-state index contributed by atoms with van der Waals surface area (Å²) >= 11 is 0. The highest BCUT2D eigenvalue weighted by Gasteiger charge is 2.30. The van der Waals surface area contributed by atoms with E-state index in [1.807, 2.05) is 36.5 Å². The summed E-state index contributed by atoms with van der Waals surface area (Å²) in [6.45, 7) is 13.4. The van der Waals surface area contributed by atoms with E-state index < -0.39 is 18.1 Å². The third kappa shape index (κ3) is 8.23. The molecule has 6 heteroatoms. The van der Waals surface area contributed by atoms with Crippen LogP contribution in [-0.4, -0.2) is 18.7 Å². The Morgan fingerprint density at radius 1 is 0.430 bits per heavy atom. The van der Waals surface area contributed by atoms with Crippen LogP contribution in [0.4, 0.5) is 0 Å². The number of aromatic nitrogens is 5. The van der Waals surface area contributed by atoms with Crippen molar-refractivity contribution in [2.45, 2.75) is 52.4 Å². The first-order valence-corrected chi connectivity index (χ1v) is 29.4. The largest absolute Gasteiger partial charge is 0.458 e. The molecular weight excluding hydrogens is 1050 g/mol. The second-order valence-electron chi connectivity index (χ2n) is 24.6. The van der Waals surface area contributed by atoms with Crippen LogP contribution in [0.2, 0.25) is 0 Å². The number of ether oxygens (including phenoxy) is 1. The molecule has 0 fully saturated rings. The fourth-order valence-electron chi connectivity index (χ4n) is 13.2. The van der Waals surface area contributed by atoms with E-state index in [9.17, 15) is 2.74 Å². The van der Waals surface area contributed by atoms with Gasteiger partial charge in [0.15, 0.2) is 0 Å². The van der Waals surface area contributed by atoms with Gasteiger partial charge in [0.2, 0.25) is 0 Å². The molecule has 0 bridgehead atoms. The van der Waals surface area contributed by atoms with Crippen LogP contribution in [0, 0.1) is 6.33 Å². The normalized spacial score (nSPS) is 13.1. The summed E-state index contributed by atoms with van der Waals surface area (Å²) in [7, 11) is 0. The summed E-state index contributed by atoms with van der Waals surface area (Å²) in [5, 5.41) is 4.40. The van der Waals surface area contributed by atoms with Gasteiger partial charge in [0.05, 0.1) is 57.0 Å². The molecule has 6 nitrogen and oxygen atoms in total. The minimum atomic E-state index is -0.448. The number of nitrogens with zero attached hydrogens (tertiary/aromatic N) is 5. The zero-order valence-electron chi connectivity index (χ0n) is 53.6. The van der Waals surface area contributed by atoms with Crippen LogP contribution in [0.15, 0.2) is 261 Å². The van der Waals surface area contributed by atoms with E-state index >= 15 is 0 Å². The molecule has 16 rings (SSSR count). The van der Waals surface area contributed by atoms with Crippen molar-refractivity contribution in [1.82, 2.24) is 18.7 Å². The Morgan fingerprint density at radius 3 is 1.73 bits per heavy atom. The number of para-hydroxylation sites is 4. The van der Waals surface area contributed by atoms with Gasteiger partial charge in [0, 0.05) is 33.8 Å². The molecule has 0 saturated carbocycles. The lowest BCUT2D eigenvalue weighted by Crippen LogP contribution is -2.33. The molecule has 11 aromatic carbocycles. The summed E-state index contributed by atoms with van der Waals surface area (Å²) in [6, 6.07) is 76.6. The number of hydrogen-bond donors (Lipinski definition) is 0. The van der Waals surface area contributed by atoms with Crippen molar-refractivity contribution >= 4 is 54.6 Å². The molecule has 0 aliphatic carbocycles. The van der Waals surface area contributed by atoms with Gasteiger partial charge >= 0.3 is 0 Å². The molecule has 412 valence electrons. The van der Waals surface area contributed by atoms with E-state index in [0.717, 1.165) is 116 Å². The van der Waals surface area contributed by atoms with Gasteiger partial charge in [-0.3, -0.25) is 13.7 Å². The molecule has 0 atom stereocenters. The van der Waals surface area contributed by atoms with E-state index in [0.29, 0.717) is 22.6 Å². The Balaban J connectivity index is 0.991. The van der Waals surface area contributed by atoms with Crippen LogP contribution in [0.3, 0.4) is 0 Å². The van der Waals surface area contributed by atoms with Crippen molar-refractivity contribution in [1.29, 1.82) is 0 Å². The SMILES string of the molecule is [2H]c1c([2H])c([2H])c(-c2cccc3c2-c2cccc(-n4c5ccccc5c5ccccc54)c2-[n+]2[c-]n(-c4cccc(Oc5ccc6c7ccccc7n(-c7cc(C(C)(C)C)ccn7)c6c5)c4)c4cc(-c5ccc(C(C)(C)C)cc5)cc(c42)-c2ccccc2-3)c([2H])c1[2H]. The highest BCUT2D eigenvalue weighted by atomic mass is 16.5. The zero-order valence-corrected chi connectivity index (χ0v) is 48.6. The molecule has 5 heterocycles. The molecule has 1 aliphatic rings. The van der Waals surface area contributed by atoms with E-state index in [1.165, 1.54) is 11.1 Å². The molecule has 0 unspecified atom stereocenters. The van der Waals surface area contributed by atoms with Crippen molar-refractivity contribution in [3.63, 3.8) is 0 Å². The maximum atomic E-state index is 9.56. The Bertz CT molecular complexity index is 5460. The molecular formula is C80H61N5O. The van der Waals surface area contributed by atoms with Crippen LogP contribution in [0.25, 0.3) is 133 Å². The van der Waals surface area contributed by atoms with Gasteiger partial charge in [0.25, 0.3) is 6.33 Å². The molecule has 0 saturated heterocycles. The van der Waals surface area contributed by atoms with E-state index in [1.54, 1.807) is 0 Å². The maximum absolute atomic E-state index is 9.56. The highest BCUT2D eigenvalue weighted by Crippen LogP contribution is 2.50. The minimum Gasteiger partial charge on any atom is -0.458 e. The van der Waals surface area contributed by atoms with Gasteiger partial charge in [-0.2, -0.15) is 0 Å². The first kappa shape index (κ1) is 45.9. The molecule has 0 amide bonds. The van der Waals surface area contributed by atoms with Gasteiger partial charge in [-0.15, -0.1) is 0 Å². The third-order valence-electron chi connectivity index (χ3n) is 17.3. The topological polar surface area (TPSA) is 40.8 Å². The smallest absolute Gasteiger partial charge is 0.269 e. The summed E-state index contributed by atoms with van der Waals surface area (Å²) in [5.74, 6) is 2.12. The molecule has 0 radical (unpaired) electrons. The van der Waals surface area contributed by atoms with Gasteiger partial charge in [-0.1, -0.05) is 217 Å². The lowest BCUT2D eigenvalue weighted by molar-refractivity contribution is -0.571. The highest BCUT2D eigenvalue weighted by molar-refractivity contribution is 6.12. The minimum absolute atomic E-state index is 0.0631. The number of hydrogen-bond acceptors (Lipinski definition) is 2. The predicted octanol–water partition coefficient (Wildman–Crippen LogP) is 20.3. The second-order valence-corrected chi connectivity index (χ2v) is 24.6. The number of benzene rings is 11. The van der Waals surface area contributed by atoms with Crippen LogP contribution < -0.4 is 9.30 Å². The summed E-state index contributed by atoms with van der Waals surface area (Å²) < 4.78 is 61.8. The predicted molar refractivity (Wildman–Crippen MR) is 355 cm³/mol. The monoisotopic (exact) mass is 1110 g/mol. The van der Waals surface area contributed by atoms with Gasteiger partial charge < -0.3 is 9.30 Å². The van der Waals surface area contributed by atoms with Gasteiger partial charge in [-0.05, 0) is 150 Å². The number of imidazole rings is 1. The van der Waals surface area contributed by atoms with Gasteiger partial charge in [-0.25, -0.2) is 4.98 Å². The molecule has 4 aromatic heterocycles. The second kappa shape index (κ2) is 19.5. The summed E-state index contributed by atoms with van der Waals surface area (Å²) in [5.41, 5.74) is 18.3. The average Bonchev–Trinajstić information content (AvgIpc) is 1.59. The first-order valence-electron chi connectivity index (χ1n) is 31.9. The van der Waals surface area contributed by atoms with Gasteiger partial charge in [0.1, 0.15) is 17.3 Å². The van der Waals surface area contributed by atoms with Crippen molar-refractivity contribution < 1.29 is 16.2 Å². The Morgan fingerprint density at radius 2 is 1.02 bits per heavy atom. The van der Waals surface area contributed by atoms with Crippen LogP contribution in [0.1, 0.15) is 59.5 Å². The Labute approximate surface area is 507 Å². The van der Waals surface area contributed by atoms with Crippen molar-refractivity contribution in [3.05, 3.63) is 278 Å². The lowest BCUT2D eigenvalue weighted by atomic mass is 9.84. The third-order valence-corrected chi connectivity index (χ3v) is 17.3. The first-order chi connectivity index (χ1) is 44.0. The molecule has 0 spiro atoms. The van der Waals surface area contributed by atoms with E-state index in [4.69, 9.17) is 13.8 Å². The number of fused-ring (bicyclic) bond motifs is 13. The van der Waals surface area contributed by atoms with Crippen molar-refractivity contribution in [3.8, 4) is 90.0 Å². The van der Waals surface area contributed by atoms with E-state index in [-0.39, 0.29) is 28.5 Å². The Kier molecular flexibility index (Phi) is 10.4. The van der Waals surface area contributed by atoms with Crippen LogP contribution in [-0.2, 0) is 10.8 Å². The fourth-order valence-corrected chi connectivity index (χ4v) is 13.2. The quantitative estimate of drug-likeness (QED) is 0.118. The number of pyridine rings is 1. The van der Waals surface area contributed by atoms with Crippen molar-refractivity contribution in [2.75, 3.05) is 0 Å². The molecule has 1 aliphatic heterocycles. The molecule has 15 aromatic rings. The van der Waals surface area contributed by atoms with E-state index in [2.05, 4.69) is 260 Å².